The van der Waals surface area contributed by atoms with Crippen LogP contribution in [-0.2, 0) is 18.6 Å². The third-order valence-corrected chi connectivity index (χ3v) is 5.28. The molecule has 0 aliphatic heterocycles. The molecule has 1 aromatic carbocycles. The van der Waals surface area contributed by atoms with Crippen molar-refractivity contribution in [2.24, 2.45) is 0 Å². The maximum Gasteiger partial charge on any atom is 0.416 e. The first kappa shape index (κ1) is 20.8. The van der Waals surface area contributed by atoms with Crippen molar-refractivity contribution in [2.45, 2.75) is 23.8 Å². The summed E-state index contributed by atoms with van der Waals surface area (Å²) in [7, 11) is 0. The van der Waals surface area contributed by atoms with Crippen LogP contribution in [-0.4, -0.2) is 29.4 Å². The van der Waals surface area contributed by atoms with E-state index in [1.54, 1.807) is 0 Å². The molecular weight excluding hydrogens is 440 g/mol. The zero-order valence-corrected chi connectivity index (χ0v) is 16.2. The van der Waals surface area contributed by atoms with Crippen LogP contribution in [0.1, 0.15) is 16.7 Å². The lowest BCUT2D eigenvalue weighted by Crippen LogP contribution is -2.26. The summed E-state index contributed by atoms with van der Waals surface area (Å²) in [6, 6.07) is 4.57. The highest BCUT2D eigenvalue weighted by molar-refractivity contribution is 7.98. The highest BCUT2D eigenvalue weighted by atomic mass is 32.2. The zero-order valence-electron chi connectivity index (χ0n) is 15.4. The largest absolute Gasteiger partial charge is 0.416 e. The summed E-state index contributed by atoms with van der Waals surface area (Å²) < 4.78 is 53.6. The van der Waals surface area contributed by atoms with Gasteiger partial charge in [0, 0.05) is 17.5 Å². The normalized spacial score (nSPS) is 11.9. The third-order valence-electron chi connectivity index (χ3n) is 4.28. The van der Waals surface area contributed by atoms with Crippen molar-refractivity contribution in [3.63, 3.8) is 0 Å². The van der Waals surface area contributed by atoms with Crippen molar-refractivity contribution in [1.29, 1.82) is 0 Å². The SMILES string of the molecule is O=c1cnc(-n2c(SCc3ccc(C(F)(F)F)cc3)nn3ncc(CF)c3c2=O)c[nH]1. The Balaban J connectivity index is 1.76. The first-order valence-corrected chi connectivity index (χ1v) is 9.66. The van der Waals surface area contributed by atoms with Gasteiger partial charge in [0.1, 0.15) is 6.67 Å². The van der Waals surface area contributed by atoms with Crippen LogP contribution >= 0.6 is 11.8 Å². The molecule has 8 nitrogen and oxygen atoms in total. The second kappa shape index (κ2) is 7.98. The van der Waals surface area contributed by atoms with Gasteiger partial charge in [-0.1, -0.05) is 23.9 Å². The molecule has 0 aliphatic rings. The number of fused-ring (bicyclic) bond motifs is 1. The number of thioether (sulfide) groups is 1. The molecule has 0 atom stereocenters. The minimum atomic E-state index is -4.44. The Labute approximate surface area is 174 Å². The number of rotatable bonds is 5. The maximum atomic E-state index is 13.3. The van der Waals surface area contributed by atoms with E-state index >= 15 is 0 Å². The molecule has 0 bridgehead atoms. The van der Waals surface area contributed by atoms with E-state index in [1.807, 2.05) is 0 Å². The van der Waals surface area contributed by atoms with Crippen LogP contribution in [0.15, 0.2) is 57.6 Å². The highest BCUT2D eigenvalue weighted by Gasteiger charge is 2.30. The molecule has 4 aromatic rings. The van der Waals surface area contributed by atoms with Gasteiger partial charge in [-0.15, -0.1) is 9.73 Å². The van der Waals surface area contributed by atoms with Gasteiger partial charge in [0.15, 0.2) is 16.5 Å². The maximum absolute atomic E-state index is 13.3. The average Bonchev–Trinajstić information content (AvgIpc) is 3.16. The number of nitrogens with one attached hydrogen (secondary N) is 1. The summed E-state index contributed by atoms with van der Waals surface area (Å²) in [6.45, 7) is -0.933. The number of H-pyrrole nitrogens is 1. The molecule has 1 N–H and O–H groups in total. The second-order valence-electron chi connectivity index (χ2n) is 6.32. The van der Waals surface area contributed by atoms with Crippen LogP contribution < -0.4 is 11.1 Å². The van der Waals surface area contributed by atoms with E-state index in [1.165, 1.54) is 24.5 Å². The molecule has 3 heterocycles. The van der Waals surface area contributed by atoms with Crippen LogP contribution in [0.3, 0.4) is 0 Å². The third kappa shape index (κ3) is 4.08. The highest BCUT2D eigenvalue weighted by Crippen LogP contribution is 2.30. The van der Waals surface area contributed by atoms with Crippen LogP contribution in [0.5, 0.6) is 0 Å². The monoisotopic (exact) mass is 452 g/mol. The standard InChI is InChI=1S/C18H12F4N6O2S/c19-5-11-6-25-28-15(11)16(30)27(13-7-24-14(29)8-23-13)17(26-28)31-9-10-1-3-12(4-2-10)18(20,21)22/h1-4,6-8H,5,9H2,(H,24,29). The van der Waals surface area contributed by atoms with Crippen molar-refractivity contribution >= 4 is 17.3 Å². The molecule has 0 saturated carbocycles. The second-order valence-corrected chi connectivity index (χ2v) is 7.26. The number of halogens is 4. The summed E-state index contributed by atoms with van der Waals surface area (Å²) in [5.41, 5.74) is -1.42. The summed E-state index contributed by atoms with van der Waals surface area (Å²) >= 11 is 1.04. The van der Waals surface area contributed by atoms with E-state index in [2.05, 4.69) is 20.2 Å². The summed E-state index contributed by atoms with van der Waals surface area (Å²) in [5.74, 6) is 0.219. The molecule has 0 fully saturated rings. The molecular formula is C18H12F4N6O2S. The summed E-state index contributed by atoms with van der Waals surface area (Å²) in [6.07, 6.45) is -1.08. The smallest absolute Gasteiger partial charge is 0.324 e. The van der Waals surface area contributed by atoms with Crippen LogP contribution in [0.2, 0.25) is 0 Å². The van der Waals surface area contributed by atoms with Crippen LogP contribution in [0.25, 0.3) is 11.3 Å². The zero-order chi connectivity index (χ0) is 22.2. The molecule has 0 aliphatic carbocycles. The Morgan fingerprint density at radius 3 is 2.45 bits per heavy atom. The van der Waals surface area contributed by atoms with E-state index < -0.39 is 29.5 Å². The number of benzene rings is 1. The lowest BCUT2D eigenvalue weighted by molar-refractivity contribution is -0.137. The van der Waals surface area contributed by atoms with Crippen molar-refractivity contribution < 1.29 is 17.6 Å². The van der Waals surface area contributed by atoms with Gasteiger partial charge in [-0.05, 0) is 17.7 Å². The lowest BCUT2D eigenvalue weighted by atomic mass is 10.1. The Hall–Kier alpha value is -3.48. The van der Waals surface area contributed by atoms with Gasteiger partial charge in [-0.3, -0.25) is 9.59 Å². The van der Waals surface area contributed by atoms with Crippen molar-refractivity contribution in [3.05, 3.63) is 80.3 Å². The Bertz CT molecular complexity index is 1340. The number of aromatic nitrogens is 6. The fraction of sp³-hybridized carbons (Fsp3) is 0.167. The molecule has 0 saturated heterocycles. The van der Waals surface area contributed by atoms with Gasteiger partial charge in [-0.25, -0.2) is 13.9 Å². The Kier molecular flexibility index (Phi) is 5.35. The molecule has 13 heteroatoms. The van der Waals surface area contributed by atoms with Gasteiger partial charge >= 0.3 is 6.18 Å². The number of nitrogens with zero attached hydrogens (tertiary/aromatic N) is 5. The molecule has 4 rings (SSSR count). The van der Waals surface area contributed by atoms with Crippen molar-refractivity contribution in [3.8, 4) is 5.82 Å². The molecule has 0 radical (unpaired) electrons. The van der Waals surface area contributed by atoms with E-state index in [0.717, 1.165) is 39.3 Å². The predicted octanol–water partition coefficient (Wildman–Crippen LogP) is 2.74. The van der Waals surface area contributed by atoms with Gasteiger partial charge < -0.3 is 4.98 Å². The quantitative estimate of drug-likeness (QED) is 0.369. The minimum absolute atomic E-state index is 0.0370. The summed E-state index contributed by atoms with van der Waals surface area (Å²) in [5, 5.41) is 8.22. The fourth-order valence-electron chi connectivity index (χ4n) is 2.78. The molecule has 3 aromatic heterocycles. The van der Waals surface area contributed by atoms with Gasteiger partial charge in [-0.2, -0.15) is 18.3 Å². The Morgan fingerprint density at radius 1 is 1.10 bits per heavy atom. The predicted molar refractivity (Wildman–Crippen MR) is 103 cm³/mol. The average molecular weight is 452 g/mol. The topological polar surface area (TPSA) is 97.9 Å². The Morgan fingerprint density at radius 2 is 1.84 bits per heavy atom. The molecule has 0 unspecified atom stereocenters. The first-order valence-electron chi connectivity index (χ1n) is 8.68. The molecule has 0 amide bonds. The number of hydrogen-bond donors (Lipinski definition) is 1. The van der Waals surface area contributed by atoms with Gasteiger partial charge in [0.2, 0.25) is 0 Å². The van der Waals surface area contributed by atoms with E-state index in [-0.39, 0.29) is 27.8 Å². The number of alkyl halides is 4. The van der Waals surface area contributed by atoms with Crippen LogP contribution in [0, 0.1) is 0 Å². The van der Waals surface area contributed by atoms with E-state index in [4.69, 9.17) is 0 Å². The fourth-order valence-corrected chi connectivity index (χ4v) is 3.71. The molecule has 160 valence electrons. The number of aromatic amines is 1. The lowest BCUT2D eigenvalue weighted by Gasteiger charge is -2.11. The van der Waals surface area contributed by atoms with Crippen LogP contribution in [0.4, 0.5) is 17.6 Å². The van der Waals surface area contributed by atoms with Crippen molar-refractivity contribution in [2.75, 3.05) is 0 Å². The molecule has 31 heavy (non-hydrogen) atoms. The first-order chi connectivity index (χ1) is 14.8. The number of hydrogen-bond acceptors (Lipinski definition) is 6. The van der Waals surface area contributed by atoms with Gasteiger partial charge in [0.05, 0.1) is 18.0 Å². The molecule has 0 spiro atoms. The van der Waals surface area contributed by atoms with Gasteiger partial charge in [0.25, 0.3) is 11.1 Å². The summed E-state index contributed by atoms with van der Waals surface area (Å²) in [4.78, 5) is 30.7. The van der Waals surface area contributed by atoms with E-state index in [9.17, 15) is 27.2 Å². The van der Waals surface area contributed by atoms with Crippen molar-refractivity contribution in [1.82, 2.24) is 29.4 Å². The van der Waals surface area contributed by atoms with E-state index in [0.29, 0.717) is 5.56 Å². The minimum Gasteiger partial charge on any atom is -0.324 e.